The maximum absolute atomic E-state index is 9.42. The summed E-state index contributed by atoms with van der Waals surface area (Å²) in [6.07, 6.45) is 3.23. The lowest BCUT2D eigenvalue weighted by molar-refractivity contribution is 0.0716. The molecule has 2 atom stereocenters. The molecule has 0 aromatic heterocycles. The first-order valence-corrected chi connectivity index (χ1v) is 6.59. The predicted molar refractivity (Wildman–Crippen MR) is 66.5 cm³/mol. The molecule has 96 valence electrons. The molecular weight excluding hydrogens is 202 g/mol. The zero-order chi connectivity index (χ0) is 12.0. The lowest BCUT2D eigenvalue weighted by atomic mass is 10.1. The number of hydrogen-bond acceptors (Lipinski definition) is 3. The van der Waals surface area contributed by atoms with E-state index in [2.05, 4.69) is 18.7 Å². The lowest BCUT2D eigenvalue weighted by Gasteiger charge is -2.25. The van der Waals surface area contributed by atoms with Crippen molar-refractivity contribution in [3.63, 3.8) is 0 Å². The highest BCUT2D eigenvalue weighted by Crippen LogP contribution is 2.20. The van der Waals surface area contributed by atoms with E-state index in [4.69, 9.17) is 4.74 Å². The van der Waals surface area contributed by atoms with E-state index in [1.165, 1.54) is 19.4 Å². The molecule has 2 unspecified atom stereocenters. The Morgan fingerprint density at radius 1 is 1.38 bits per heavy atom. The van der Waals surface area contributed by atoms with Gasteiger partial charge < -0.3 is 9.84 Å². The highest BCUT2D eigenvalue weighted by molar-refractivity contribution is 4.80. The molecule has 1 aliphatic heterocycles. The van der Waals surface area contributed by atoms with Crippen molar-refractivity contribution in [3.8, 4) is 0 Å². The van der Waals surface area contributed by atoms with Crippen molar-refractivity contribution in [1.82, 2.24) is 4.90 Å². The van der Waals surface area contributed by atoms with Gasteiger partial charge in [-0.1, -0.05) is 13.8 Å². The largest absolute Gasteiger partial charge is 0.393 e. The van der Waals surface area contributed by atoms with Crippen LogP contribution in [0.3, 0.4) is 0 Å². The van der Waals surface area contributed by atoms with Crippen LogP contribution in [-0.2, 0) is 4.74 Å². The number of nitrogens with zero attached hydrogens (tertiary/aromatic N) is 1. The fourth-order valence-corrected chi connectivity index (χ4v) is 2.35. The molecule has 3 heteroatoms. The Hall–Kier alpha value is -0.120. The van der Waals surface area contributed by atoms with Crippen molar-refractivity contribution < 1.29 is 9.84 Å². The normalized spacial score (nSPS) is 24.2. The van der Waals surface area contributed by atoms with Gasteiger partial charge in [-0.3, -0.25) is 4.90 Å². The summed E-state index contributed by atoms with van der Waals surface area (Å²) in [6.45, 7) is 10.1. The number of likely N-dealkylation sites (tertiary alicyclic amines) is 1. The van der Waals surface area contributed by atoms with E-state index in [1.54, 1.807) is 0 Å². The van der Waals surface area contributed by atoms with Gasteiger partial charge in [0.1, 0.15) is 0 Å². The molecule has 3 nitrogen and oxygen atoms in total. The van der Waals surface area contributed by atoms with Crippen LogP contribution in [0.2, 0.25) is 0 Å². The third-order valence-corrected chi connectivity index (χ3v) is 3.09. The molecular formula is C13H27NO2. The number of hydrogen-bond donors (Lipinski definition) is 1. The van der Waals surface area contributed by atoms with Gasteiger partial charge in [-0.25, -0.2) is 0 Å². The average molecular weight is 229 g/mol. The van der Waals surface area contributed by atoms with E-state index in [9.17, 15) is 5.11 Å². The van der Waals surface area contributed by atoms with Crippen molar-refractivity contribution in [2.75, 3.05) is 26.3 Å². The summed E-state index contributed by atoms with van der Waals surface area (Å²) in [5.41, 5.74) is 0. The highest BCUT2D eigenvalue weighted by atomic mass is 16.5. The molecule has 1 aliphatic rings. The highest BCUT2D eigenvalue weighted by Gasteiger charge is 2.24. The Labute approximate surface area is 99.8 Å². The van der Waals surface area contributed by atoms with Crippen LogP contribution in [-0.4, -0.2) is 48.5 Å². The number of aliphatic hydroxyl groups is 1. The van der Waals surface area contributed by atoms with E-state index >= 15 is 0 Å². The first-order chi connectivity index (χ1) is 7.59. The average Bonchev–Trinajstić information content (AvgIpc) is 2.59. The van der Waals surface area contributed by atoms with Crippen molar-refractivity contribution >= 4 is 0 Å². The molecule has 0 saturated carbocycles. The Bertz CT molecular complexity index is 183. The molecule has 0 radical (unpaired) electrons. The number of rotatable bonds is 7. The molecule has 1 rings (SSSR count). The second kappa shape index (κ2) is 7.25. The van der Waals surface area contributed by atoms with Crippen molar-refractivity contribution in [2.24, 2.45) is 5.92 Å². The molecule has 1 heterocycles. The molecule has 0 aromatic rings. The van der Waals surface area contributed by atoms with Gasteiger partial charge >= 0.3 is 0 Å². The van der Waals surface area contributed by atoms with Crippen LogP contribution in [0.15, 0.2) is 0 Å². The summed E-state index contributed by atoms with van der Waals surface area (Å²) >= 11 is 0. The molecule has 0 amide bonds. The summed E-state index contributed by atoms with van der Waals surface area (Å²) in [5, 5.41) is 9.42. The van der Waals surface area contributed by atoms with E-state index in [0.29, 0.717) is 12.0 Å². The van der Waals surface area contributed by atoms with Gasteiger partial charge in [0.15, 0.2) is 0 Å². The van der Waals surface area contributed by atoms with E-state index in [1.807, 2.05) is 6.92 Å². The van der Waals surface area contributed by atoms with Gasteiger partial charge in [0.05, 0.1) is 12.7 Å². The molecule has 0 bridgehead atoms. The molecule has 1 fully saturated rings. The topological polar surface area (TPSA) is 32.7 Å². The Kier molecular flexibility index (Phi) is 6.32. The number of ether oxygens (including phenoxy) is 1. The summed E-state index contributed by atoms with van der Waals surface area (Å²) in [7, 11) is 0. The second-order valence-corrected chi connectivity index (χ2v) is 5.39. The van der Waals surface area contributed by atoms with Gasteiger partial charge in [0.2, 0.25) is 0 Å². The zero-order valence-electron chi connectivity index (χ0n) is 11.0. The molecule has 0 aromatic carbocycles. The Morgan fingerprint density at radius 2 is 2.12 bits per heavy atom. The quantitative estimate of drug-likeness (QED) is 0.677. The first-order valence-electron chi connectivity index (χ1n) is 6.59. The fraction of sp³-hybridized carbons (Fsp3) is 1.00. The standard InChI is InChI=1S/C13H27NO2/c1-11(2)10-16-8-7-14-6-4-5-13(14)9-12(3)15/h11-13,15H,4-10H2,1-3H3. The minimum atomic E-state index is -0.179. The van der Waals surface area contributed by atoms with Crippen LogP contribution >= 0.6 is 0 Å². The fourth-order valence-electron chi connectivity index (χ4n) is 2.35. The molecule has 1 N–H and O–H groups in total. The van der Waals surface area contributed by atoms with Gasteiger partial charge in [-0.2, -0.15) is 0 Å². The SMILES string of the molecule is CC(C)COCCN1CCCC1CC(C)O. The van der Waals surface area contributed by atoms with Crippen molar-refractivity contribution in [3.05, 3.63) is 0 Å². The first kappa shape index (κ1) is 13.9. The van der Waals surface area contributed by atoms with E-state index < -0.39 is 0 Å². The van der Waals surface area contributed by atoms with Gasteiger partial charge in [-0.15, -0.1) is 0 Å². The van der Waals surface area contributed by atoms with Crippen LogP contribution < -0.4 is 0 Å². The van der Waals surface area contributed by atoms with Crippen molar-refractivity contribution in [1.29, 1.82) is 0 Å². The monoisotopic (exact) mass is 229 g/mol. The smallest absolute Gasteiger partial charge is 0.0593 e. The molecule has 16 heavy (non-hydrogen) atoms. The Balaban J connectivity index is 2.14. The van der Waals surface area contributed by atoms with Crippen molar-refractivity contribution in [2.45, 2.75) is 52.2 Å². The summed E-state index contributed by atoms with van der Waals surface area (Å²) in [4.78, 5) is 2.47. The predicted octanol–water partition coefficient (Wildman–Crippen LogP) is 1.89. The summed E-state index contributed by atoms with van der Waals surface area (Å²) in [5.74, 6) is 0.617. The maximum Gasteiger partial charge on any atom is 0.0593 e. The van der Waals surface area contributed by atoms with E-state index in [0.717, 1.165) is 26.2 Å². The minimum Gasteiger partial charge on any atom is -0.393 e. The van der Waals surface area contributed by atoms with Crippen LogP contribution in [0.4, 0.5) is 0 Å². The lowest BCUT2D eigenvalue weighted by Crippen LogP contribution is -2.34. The van der Waals surface area contributed by atoms with Crippen LogP contribution in [0.5, 0.6) is 0 Å². The molecule has 0 aliphatic carbocycles. The van der Waals surface area contributed by atoms with Crippen LogP contribution in [0, 0.1) is 5.92 Å². The van der Waals surface area contributed by atoms with Crippen LogP contribution in [0.25, 0.3) is 0 Å². The third-order valence-electron chi connectivity index (χ3n) is 3.09. The molecule has 0 spiro atoms. The minimum absolute atomic E-state index is 0.179. The van der Waals surface area contributed by atoms with E-state index in [-0.39, 0.29) is 6.10 Å². The number of aliphatic hydroxyl groups excluding tert-OH is 1. The molecule has 1 saturated heterocycles. The maximum atomic E-state index is 9.42. The van der Waals surface area contributed by atoms with Gasteiger partial charge in [0.25, 0.3) is 0 Å². The zero-order valence-corrected chi connectivity index (χ0v) is 11.0. The summed E-state index contributed by atoms with van der Waals surface area (Å²) < 4.78 is 5.61. The second-order valence-electron chi connectivity index (χ2n) is 5.39. The van der Waals surface area contributed by atoms with Gasteiger partial charge in [0, 0.05) is 19.2 Å². The third kappa shape index (κ3) is 5.28. The van der Waals surface area contributed by atoms with Crippen LogP contribution in [0.1, 0.15) is 40.0 Å². The Morgan fingerprint density at radius 3 is 2.75 bits per heavy atom. The van der Waals surface area contributed by atoms with Gasteiger partial charge in [-0.05, 0) is 38.6 Å². The summed E-state index contributed by atoms with van der Waals surface area (Å²) in [6, 6.07) is 0.572.